The monoisotopic (exact) mass is 305 g/mol. The Labute approximate surface area is 130 Å². The highest BCUT2D eigenvalue weighted by Gasteiger charge is 2.39. The van der Waals surface area contributed by atoms with E-state index < -0.39 is 11.4 Å². The summed E-state index contributed by atoms with van der Waals surface area (Å²) >= 11 is 0. The van der Waals surface area contributed by atoms with E-state index in [0.717, 1.165) is 12.0 Å². The summed E-state index contributed by atoms with van der Waals surface area (Å²) in [5, 5.41) is 9.27. The van der Waals surface area contributed by atoms with Crippen molar-refractivity contribution in [3.63, 3.8) is 0 Å². The molecule has 1 unspecified atom stereocenters. The third-order valence-corrected chi connectivity index (χ3v) is 4.14. The maximum Gasteiger partial charge on any atom is 0.311 e. The molecule has 1 aliphatic rings. The van der Waals surface area contributed by atoms with Crippen LogP contribution in [0.15, 0.2) is 30.3 Å². The summed E-state index contributed by atoms with van der Waals surface area (Å²) in [7, 11) is 0. The van der Waals surface area contributed by atoms with Crippen LogP contribution in [0, 0.1) is 5.41 Å². The summed E-state index contributed by atoms with van der Waals surface area (Å²) in [5.74, 6) is -0.856. The van der Waals surface area contributed by atoms with Crippen LogP contribution in [0.4, 0.5) is 0 Å². The molecular weight excluding hydrogens is 282 g/mol. The number of likely N-dealkylation sites (tertiary alicyclic amines) is 1. The molecule has 0 spiro atoms. The minimum Gasteiger partial charge on any atom is -0.481 e. The van der Waals surface area contributed by atoms with Crippen molar-refractivity contribution in [3.05, 3.63) is 35.9 Å². The number of amides is 1. The lowest BCUT2D eigenvalue weighted by Gasteiger charge is -2.37. The molecule has 5 nitrogen and oxygen atoms in total. The molecule has 1 atom stereocenters. The van der Waals surface area contributed by atoms with Crippen LogP contribution in [0.5, 0.6) is 0 Å². The molecule has 1 N–H and O–H groups in total. The van der Waals surface area contributed by atoms with Crippen LogP contribution in [0.1, 0.15) is 31.7 Å². The van der Waals surface area contributed by atoms with Gasteiger partial charge in [0.05, 0.1) is 25.0 Å². The minimum absolute atomic E-state index is 0.0276. The summed E-state index contributed by atoms with van der Waals surface area (Å²) in [6, 6.07) is 9.80. The van der Waals surface area contributed by atoms with Crippen LogP contribution >= 0.6 is 0 Å². The molecule has 120 valence electrons. The smallest absolute Gasteiger partial charge is 0.311 e. The van der Waals surface area contributed by atoms with Gasteiger partial charge in [0.15, 0.2) is 0 Å². The molecular formula is C17H23NO4. The van der Waals surface area contributed by atoms with Crippen molar-refractivity contribution in [3.8, 4) is 0 Å². The van der Waals surface area contributed by atoms with Gasteiger partial charge in [0.25, 0.3) is 0 Å². The quantitative estimate of drug-likeness (QED) is 0.819. The van der Waals surface area contributed by atoms with Gasteiger partial charge < -0.3 is 14.7 Å². The van der Waals surface area contributed by atoms with Gasteiger partial charge in [-0.05, 0) is 25.3 Å². The predicted molar refractivity (Wildman–Crippen MR) is 82.3 cm³/mol. The molecule has 0 bridgehead atoms. The zero-order valence-electron chi connectivity index (χ0n) is 13.0. The lowest BCUT2D eigenvalue weighted by atomic mass is 9.82. The molecule has 0 radical (unpaired) electrons. The highest BCUT2D eigenvalue weighted by Crippen LogP contribution is 2.29. The van der Waals surface area contributed by atoms with Crippen LogP contribution in [-0.4, -0.2) is 41.6 Å². The average Bonchev–Trinajstić information content (AvgIpc) is 2.52. The number of rotatable bonds is 6. The van der Waals surface area contributed by atoms with Crippen LogP contribution in [0.25, 0.3) is 0 Å². The Hall–Kier alpha value is -1.88. The zero-order chi connectivity index (χ0) is 16.0. The van der Waals surface area contributed by atoms with E-state index in [9.17, 15) is 14.7 Å². The first-order chi connectivity index (χ1) is 10.5. The highest BCUT2D eigenvalue weighted by molar-refractivity contribution is 5.79. The van der Waals surface area contributed by atoms with Gasteiger partial charge >= 0.3 is 5.97 Å². The van der Waals surface area contributed by atoms with Crippen molar-refractivity contribution >= 4 is 11.9 Å². The van der Waals surface area contributed by atoms with Crippen molar-refractivity contribution in [2.24, 2.45) is 5.41 Å². The highest BCUT2D eigenvalue weighted by atomic mass is 16.5. The number of benzene rings is 1. The van der Waals surface area contributed by atoms with Gasteiger partial charge in [-0.15, -0.1) is 0 Å². The number of nitrogens with zero attached hydrogens (tertiary/aromatic N) is 1. The van der Waals surface area contributed by atoms with Gasteiger partial charge in [0, 0.05) is 13.1 Å². The lowest BCUT2D eigenvalue weighted by Crippen LogP contribution is -2.48. The van der Waals surface area contributed by atoms with Crippen molar-refractivity contribution < 1.29 is 19.4 Å². The summed E-state index contributed by atoms with van der Waals surface area (Å²) in [4.78, 5) is 25.1. The number of aliphatic carboxylic acids is 1. The molecule has 2 rings (SSSR count). The zero-order valence-corrected chi connectivity index (χ0v) is 13.0. The van der Waals surface area contributed by atoms with Gasteiger partial charge in [-0.1, -0.05) is 30.3 Å². The van der Waals surface area contributed by atoms with Crippen molar-refractivity contribution in [2.45, 2.75) is 32.8 Å². The topological polar surface area (TPSA) is 66.8 Å². The Morgan fingerprint density at radius 3 is 2.73 bits per heavy atom. The van der Waals surface area contributed by atoms with Gasteiger partial charge in [-0.3, -0.25) is 9.59 Å². The van der Waals surface area contributed by atoms with Crippen LogP contribution in [-0.2, 0) is 20.9 Å². The molecule has 1 aromatic rings. The molecule has 1 fully saturated rings. The first-order valence-corrected chi connectivity index (χ1v) is 7.64. The first kappa shape index (κ1) is 16.5. The van der Waals surface area contributed by atoms with E-state index in [2.05, 4.69) is 0 Å². The molecule has 0 aliphatic carbocycles. The third kappa shape index (κ3) is 4.31. The van der Waals surface area contributed by atoms with Crippen LogP contribution < -0.4 is 0 Å². The number of carbonyl (C=O) groups is 2. The number of carbonyl (C=O) groups excluding carboxylic acids is 1. The average molecular weight is 305 g/mol. The Kier molecular flexibility index (Phi) is 5.55. The number of carboxylic acid groups (broad SMARTS) is 1. The van der Waals surface area contributed by atoms with E-state index >= 15 is 0 Å². The Bertz CT molecular complexity index is 517. The molecule has 1 aliphatic heterocycles. The fourth-order valence-electron chi connectivity index (χ4n) is 2.71. The van der Waals surface area contributed by atoms with Crippen LogP contribution in [0.2, 0.25) is 0 Å². The number of carboxylic acids is 1. The van der Waals surface area contributed by atoms with Gasteiger partial charge in [0.1, 0.15) is 0 Å². The van der Waals surface area contributed by atoms with Crippen LogP contribution in [0.3, 0.4) is 0 Å². The van der Waals surface area contributed by atoms with E-state index in [1.165, 1.54) is 0 Å². The van der Waals surface area contributed by atoms with Gasteiger partial charge in [-0.2, -0.15) is 0 Å². The largest absolute Gasteiger partial charge is 0.481 e. The van der Waals surface area contributed by atoms with E-state index in [4.69, 9.17) is 4.74 Å². The molecule has 1 heterocycles. The fourth-order valence-corrected chi connectivity index (χ4v) is 2.71. The standard InChI is InChI=1S/C17H23NO4/c1-17(16(20)21)9-5-10-18(13-17)15(19)8-11-22-12-14-6-3-2-4-7-14/h2-4,6-7H,5,8-13H2,1H3,(H,20,21). The van der Waals surface area contributed by atoms with Crippen molar-refractivity contribution in [1.29, 1.82) is 0 Å². The predicted octanol–water partition coefficient (Wildman–Crippen LogP) is 2.31. The maximum atomic E-state index is 12.2. The second-order valence-corrected chi connectivity index (χ2v) is 6.07. The Morgan fingerprint density at radius 2 is 2.05 bits per heavy atom. The molecule has 0 aromatic heterocycles. The summed E-state index contributed by atoms with van der Waals surface area (Å²) in [6.07, 6.45) is 1.65. The summed E-state index contributed by atoms with van der Waals surface area (Å²) < 4.78 is 5.52. The third-order valence-electron chi connectivity index (χ3n) is 4.14. The minimum atomic E-state index is -0.828. The van der Waals surface area contributed by atoms with E-state index in [-0.39, 0.29) is 5.91 Å². The first-order valence-electron chi connectivity index (χ1n) is 7.64. The molecule has 1 aromatic carbocycles. The van der Waals surface area contributed by atoms with E-state index in [0.29, 0.717) is 39.1 Å². The molecule has 5 heteroatoms. The SMILES string of the molecule is CC1(C(=O)O)CCCN(C(=O)CCOCc2ccccc2)C1. The van der Waals surface area contributed by atoms with E-state index in [1.54, 1.807) is 11.8 Å². The maximum absolute atomic E-state index is 12.2. The summed E-state index contributed by atoms with van der Waals surface area (Å²) in [6.45, 7) is 3.48. The molecule has 0 saturated carbocycles. The Balaban J connectivity index is 1.74. The number of hydrogen-bond donors (Lipinski definition) is 1. The molecule has 22 heavy (non-hydrogen) atoms. The second-order valence-electron chi connectivity index (χ2n) is 6.07. The number of piperidine rings is 1. The second kappa shape index (κ2) is 7.40. The van der Waals surface area contributed by atoms with Crippen molar-refractivity contribution in [1.82, 2.24) is 4.90 Å². The number of ether oxygens (including phenoxy) is 1. The number of hydrogen-bond acceptors (Lipinski definition) is 3. The van der Waals surface area contributed by atoms with Gasteiger partial charge in [-0.25, -0.2) is 0 Å². The molecule has 1 amide bonds. The summed E-state index contributed by atoms with van der Waals surface area (Å²) in [5.41, 5.74) is 0.255. The van der Waals surface area contributed by atoms with E-state index in [1.807, 2.05) is 30.3 Å². The lowest BCUT2D eigenvalue weighted by molar-refractivity contribution is -0.153. The molecule has 1 saturated heterocycles. The fraction of sp³-hybridized carbons (Fsp3) is 0.529. The van der Waals surface area contributed by atoms with Gasteiger partial charge in [0.2, 0.25) is 5.91 Å². The Morgan fingerprint density at radius 1 is 1.32 bits per heavy atom. The van der Waals surface area contributed by atoms with Crippen molar-refractivity contribution in [2.75, 3.05) is 19.7 Å². The normalized spacial score (nSPS) is 21.6.